The zero-order valence-electron chi connectivity index (χ0n) is 10.7. The lowest BCUT2D eigenvalue weighted by atomic mass is 10.3. The molecule has 2 aromatic rings. The average Bonchev–Trinajstić information content (AvgIpc) is 2.47. The highest BCUT2D eigenvalue weighted by Gasteiger charge is 2.04. The second-order valence-corrected chi connectivity index (χ2v) is 4.42. The van der Waals surface area contributed by atoms with Crippen LogP contribution in [0.4, 0.5) is 21.5 Å². The van der Waals surface area contributed by atoms with Gasteiger partial charge in [-0.15, -0.1) is 0 Å². The molecule has 0 spiro atoms. The molecule has 0 unspecified atom stereocenters. The first kappa shape index (κ1) is 14.7. The predicted octanol–water partition coefficient (Wildman–Crippen LogP) is 3.05. The molecular weight excluding hydrogens is 295 g/mol. The third-order valence-electron chi connectivity index (χ3n) is 2.50. The maximum Gasteiger partial charge on any atom is 0.269 e. The molecule has 0 fully saturated rings. The molecule has 0 radical (unpaired) electrons. The Morgan fingerprint density at radius 1 is 1.05 bits per heavy atom. The number of benzene rings is 2. The average molecular weight is 306 g/mol. The highest BCUT2D eigenvalue weighted by atomic mass is 32.1. The van der Waals surface area contributed by atoms with Crippen molar-refractivity contribution in [3.8, 4) is 0 Å². The van der Waals surface area contributed by atoms with Crippen molar-refractivity contribution < 1.29 is 9.31 Å². The Hall–Kier alpha value is -2.74. The van der Waals surface area contributed by atoms with Gasteiger partial charge in [0.15, 0.2) is 5.11 Å². The van der Waals surface area contributed by atoms with Crippen LogP contribution in [-0.4, -0.2) is 10.0 Å². The number of thiocarbonyl (C=S) groups is 1. The molecule has 0 saturated carbocycles. The maximum absolute atomic E-state index is 12.7. The first-order valence-electron chi connectivity index (χ1n) is 5.87. The van der Waals surface area contributed by atoms with Crippen molar-refractivity contribution in [2.75, 3.05) is 10.7 Å². The van der Waals surface area contributed by atoms with Crippen LogP contribution in [0.1, 0.15) is 0 Å². The van der Waals surface area contributed by atoms with E-state index in [4.69, 9.17) is 12.2 Å². The smallest absolute Gasteiger partial charge is 0.269 e. The molecule has 0 saturated heterocycles. The minimum Gasteiger partial charge on any atom is -0.331 e. The highest BCUT2D eigenvalue weighted by Crippen LogP contribution is 2.15. The molecule has 0 heterocycles. The number of nitrogens with one attached hydrogen (secondary N) is 3. The summed E-state index contributed by atoms with van der Waals surface area (Å²) in [7, 11) is 0. The molecule has 6 nitrogen and oxygen atoms in total. The van der Waals surface area contributed by atoms with Gasteiger partial charge < -0.3 is 5.32 Å². The van der Waals surface area contributed by atoms with Crippen LogP contribution < -0.4 is 16.2 Å². The Balaban J connectivity index is 1.86. The molecule has 21 heavy (non-hydrogen) atoms. The minimum absolute atomic E-state index is 0.00358. The standard InChI is InChI=1S/C13H11FN4O2S/c14-9-1-3-11(4-2-9)16-17-13(21)15-10-5-7-12(8-6-10)18(19)20/h1-8,16H,(H2,15,17,21). The summed E-state index contributed by atoms with van der Waals surface area (Å²) < 4.78 is 12.7. The molecule has 0 aliphatic rings. The van der Waals surface area contributed by atoms with Gasteiger partial charge in [0.05, 0.1) is 10.6 Å². The molecule has 0 atom stereocenters. The van der Waals surface area contributed by atoms with Crippen molar-refractivity contribution in [1.82, 2.24) is 5.43 Å². The number of rotatable bonds is 4. The van der Waals surface area contributed by atoms with Crippen LogP contribution in [0.3, 0.4) is 0 Å². The van der Waals surface area contributed by atoms with Crippen molar-refractivity contribution >= 4 is 34.4 Å². The van der Waals surface area contributed by atoms with Crippen LogP contribution in [0.5, 0.6) is 0 Å². The number of halogens is 1. The second-order valence-electron chi connectivity index (χ2n) is 4.02. The van der Waals surface area contributed by atoms with Crippen LogP contribution in [0, 0.1) is 15.9 Å². The van der Waals surface area contributed by atoms with Gasteiger partial charge in [-0.2, -0.15) is 0 Å². The van der Waals surface area contributed by atoms with E-state index in [1.807, 2.05) is 0 Å². The Morgan fingerprint density at radius 2 is 1.62 bits per heavy atom. The van der Waals surface area contributed by atoms with Gasteiger partial charge in [0.2, 0.25) is 0 Å². The summed E-state index contributed by atoms with van der Waals surface area (Å²) in [5.74, 6) is -0.327. The van der Waals surface area contributed by atoms with Gasteiger partial charge in [-0.1, -0.05) is 0 Å². The number of hydrogen-bond acceptors (Lipinski definition) is 4. The van der Waals surface area contributed by atoms with Crippen LogP contribution in [0.2, 0.25) is 0 Å². The molecule has 0 amide bonds. The monoisotopic (exact) mass is 306 g/mol. The number of nitrogens with zero attached hydrogens (tertiary/aromatic N) is 1. The van der Waals surface area contributed by atoms with Gasteiger partial charge in [0.1, 0.15) is 5.82 Å². The fourth-order valence-electron chi connectivity index (χ4n) is 1.49. The van der Waals surface area contributed by atoms with Crippen LogP contribution in [0.15, 0.2) is 48.5 Å². The Bertz CT molecular complexity index is 646. The lowest BCUT2D eigenvalue weighted by molar-refractivity contribution is -0.384. The number of hydrogen-bond donors (Lipinski definition) is 3. The first-order chi connectivity index (χ1) is 10.0. The Kier molecular flexibility index (Phi) is 4.62. The molecule has 0 bridgehead atoms. The summed E-state index contributed by atoms with van der Waals surface area (Å²) in [6.45, 7) is 0. The van der Waals surface area contributed by atoms with E-state index < -0.39 is 4.92 Å². The largest absolute Gasteiger partial charge is 0.331 e. The second kappa shape index (κ2) is 6.62. The molecular formula is C13H11FN4O2S. The van der Waals surface area contributed by atoms with Gasteiger partial charge in [0, 0.05) is 17.8 Å². The van der Waals surface area contributed by atoms with E-state index in [0.29, 0.717) is 11.4 Å². The summed E-state index contributed by atoms with van der Waals surface area (Å²) >= 11 is 5.05. The van der Waals surface area contributed by atoms with Crippen LogP contribution in [0.25, 0.3) is 0 Å². The summed E-state index contributed by atoms with van der Waals surface area (Å²) in [4.78, 5) is 10.1. The third kappa shape index (κ3) is 4.39. The van der Waals surface area contributed by atoms with Crippen LogP contribution >= 0.6 is 12.2 Å². The first-order valence-corrected chi connectivity index (χ1v) is 6.28. The van der Waals surface area contributed by atoms with E-state index in [2.05, 4.69) is 16.2 Å². The van der Waals surface area contributed by atoms with E-state index in [-0.39, 0.29) is 16.6 Å². The lowest BCUT2D eigenvalue weighted by Gasteiger charge is -2.12. The number of non-ortho nitro benzene ring substituents is 1. The highest BCUT2D eigenvalue weighted by molar-refractivity contribution is 7.80. The molecule has 8 heteroatoms. The maximum atomic E-state index is 12.7. The zero-order chi connectivity index (χ0) is 15.2. The minimum atomic E-state index is -0.476. The number of nitro groups is 1. The van der Waals surface area contributed by atoms with Crippen molar-refractivity contribution in [3.05, 3.63) is 64.5 Å². The predicted molar refractivity (Wildman–Crippen MR) is 82.5 cm³/mol. The van der Waals surface area contributed by atoms with Crippen molar-refractivity contribution in [3.63, 3.8) is 0 Å². The van der Waals surface area contributed by atoms with Gasteiger partial charge >= 0.3 is 0 Å². The van der Waals surface area contributed by atoms with E-state index in [0.717, 1.165) is 0 Å². The van der Waals surface area contributed by atoms with E-state index in [9.17, 15) is 14.5 Å². The summed E-state index contributed by atoms with van der Waals surface area (Å²) in [5.41, 5.74) is 6.77. The van der Waals surface area contributed by atoms with Crippen molar-refractivity contribution in [2.24, 2.45) is 0 Å². The third-order valence-corrected chi connectivity index (χ3v) is 2.70. The van der Waals surface area contributed by atoms with E-state index in [1.54, 1.807) is 24.3 Å². The normalized spacial score (nSPS) is 9.76. The van der Waals surface area contributed by atoms with Crippen molar-refractivity contribution in [1.29, 1.82) is 0 Å². The number of anilines is 2. The van der Waals surface area contributed by atoms with Crippen LogP contribution in [-0.2, 0) is 0 Å². The van der Waals surface area contributed by atoms with Gasteiger partial charge in [-0.05, 0) is 48.6 Å². The van der Waals surface area contributed by atoms with Crippen molar-refractivity contribution in [2.45, 2.75) is 0 Å². The SMILES string of the molecule is O=[N+]([O-])c1ccc(NC(=S)NNc2ccc(F)cc2)cc1. The molecule has 0 aliphatic heterocycles. The van der Waals surface area contributed by atoms with E-state index in [1.165, 1.54) is 24.3 Å². The molecule has 0 aliphatic carbocycles. The Labute approximate surface area is 125 Å². The van der Waals surface area contributed by atoms with E-state index >= 15 is 0 Å². The fraction of sp³-hybridized carbons (Fsp3) is 0. The summed E-state index contributed by atoms with van der Waals surface area (Å²) in [6, 6.07) is 11.6. The molecule has 0 aromatic heterocycles. The molecule has 2 aromatic carbocycles. The van der Waals surface area contributed by atoms with Gasteiger partial charge in [-0.25, -0.2) is 4.39 Å². The molecule has 2 rings (SSSR count). The van der Waals surface area contributed by atoms with Gasteiger partial charge in [0.25, 0.3) is 5.69 Å². The topological polar surface area (TPSA) is 79.2 Å². The quantitative estimate of drug-likeness (QED) is 0.458. The number of nitro benzene ring substituents is 1. The zero-order valence-corrected chi connectivity index (χ0v) is 11.5. The molecule has 108 valence electrons. The summed E-state index contributed by atoms with van der Waals surface area (Å²) in [5, 5.41) is 13.7. The summed E-state index contributed by atoms with van der Waals surface area (Å²) in [6.07, 6.45) is 0. The lowest BCUT2D eigenvalue weighted by Crippen LogP contribution is -2.33. The fourth-order valence-corrected chi connectivity index (χ4v) is 1.66. The van der Waals surface area contributed by atoms with Gasteiger partial charge in [-0.3, -0.25) is 21.0 Å². The molecule has 3 N–H and O–H groups in total. The number of hydrazine groups is 1. The Morgan fingerprint density at radius 3 is 2.19 bits per heavy atom.